The molecule has 3 rings (SSSR count). The van der Waals surface area contributed by atoms with Crippen LogP contribution in [0, 0.1) is 5.92 Å². The van der Waals surface area contributed by atoms with Gasteiger partial charge >= 0.3 is 0 Å². The summed E-state index contributed by atoms with van der Waals surface area (Å²) in [6.07, 6.45) is 1.68. The quantitative estimate of drug-likeness (QED) is 0.668. The third-order valence-electron chi connectivity index (χ3n) is 4.29. The molecule has 0 aliphatic heterocycles. The number of carbonyl (C=O) groups excluding carboxylic acids is 3. The molecule has 1 aliphatic rings. The zero-order chi connectivity index (χ0) is 19.2. The summed E-state index contributed by atoms with van der Waals surface area (Å²) in [6.45, 7) is 0. The van der Waals surface area contributed by atoms with Crippen molar-refractivity contribution in [2.75, 3.05) is 0 Å². The SMILES string of the molecule is O=C(CC(NC(=O)c1ccccc1Cl)c1ccccc1)NNC(=O)C1CC1. The van der Waals surface area contributed by atoms with E-state index in [0.717, 1.165) is 18.4 Å². The first-order valence-corrected chi connectivity index (χ1v) is 9.11. The molecule has 7 heteroatoms. The standard InChI is InChI=1S/C20H20ClN3O3/c21-16-9-5-4-8-15(16)20(27)22-17(13-6-2-1-3-7-13)12-18(25)23-24-19(26)14-10-11-14/h1-9,14,17H,10-12H2,(H,22,27)(H,23,25)(H,24,26). The van der Waals surface area contributed by atoms with Gasteiger partial charge < -0.3 is 5.32 Å². The third-order valence-corrected chi connectivity index (χ3v) is 4.62. The topological polar surface area (TPSA) is 87.3 Å². The van der Waals surface area contributed by atoms with Gasteiger partial charge in [0.2, 0.25) is 11.8 Å². The van der Waals surface area contributed by atoms with Crippen molar-refractivity contribution < 1.29 is 14.4 Å². The fourth-order valence-electron chi connectivity index (χ4n) is 2.63. The lowest BCUT2D eigenvalue weighted by Crippen LogP contribution is -2.44. The van der Waals surface area contributed by atoms with Crippen molar-refractivity contribution in [1.29, 1.82) is 0 Å². The van der Waals surface area contributed by atoms with Crippen molar-refractivity contribution in [3.05, 3.63) is 70.7 Å². The van der Waals surface area contributed by atoms with Gasteiger partial charge in [0, 0.05) is 5.92 Å². The third kappa shape index (κ3) is 5.31. The van der Waals surface area contributed by atoms with E-state index in [2.05, 4.69) is 16.2 Å². The molecule has 1 aliphatic carbocycles. The van der Waals surface area contributed by atoms with Crippen molar-refractivity contribution in [3.8, 4) is 0 Å². The fraction of sp³-hybridized carbons (Fsp3) is 0.250. The van der Waals surface area contributed by atoms with Gasteiger partial charge in [-0.25, -0.2) is 0 Å². The van der Waals surface area contributed by atoms with Gasteiger partial charge in [-0.1, -0.05) is 54.1 Å². The molecule has 0 saturated heterocycles. The number of amides is 3. The van der Waals surface area contributed by atoms with Crippen LogP contribution in [-0.4, -0.2) is 17.7 Å². The first kappa shape index (κ1) is 18.9. The molecule has 3 amide bonds. The van der Waals surface area contributed by atoms with Crippen LogP contribution in [0.3, 0.4) is 0 Å². The molecule has 0 aromatic heterocycles. The van der Waals surface area contributed by atoms with Crippen LogP contribution in [0.2, 0.25) is 5.02 Å². The molecule has 27 heavy (non-hydrogen) atoms. The first-order chi connectivity index (χ1) is 13.0. The van der Waals surface area contributed by atoms with Crippen LogP contribution in [0.25, 0.3) is 0 Å². The van der Waals surface area contributed by atoms with Crippen molar-refractivity contribution >= 4 is 29.3 Å². The van der Waals surface area contributed by atoms with Crippen LogP contribution in [0.4, 0.5) is 0 Å². The molecular formula is C20H20ClN3O3. The van der Waals surface area contributed by atoms with E-state index in [-0.39, 0.29) is 24.2 Å². The number of hydrogen-bond acceptors (Lipinski definition) is 3. The largest absolute Gasteiger partial charge is 0.345 e. The summed E-state index contributed by atoms with van der Waals surface area (Å²) in [5.41, 5.74) is 5.95. The van der Waals surface area contributed by atoms with E-state index in [9.17, 15) is 14.4 Å². The van der Waals surface area contributed by atoms with Crippen LogP contribution >= 0.6 is 11.6 Å². The Morgan fingerprint density at radius 3 is 2.30 bits per heavy atom. The summed E-state index contributed by atoms with van der Waals surface area (Å²) in [7, 11) is 0. The zero-order valence-corrected chi connectivity index (χ0v) is 15.3. The normalized spacial score (nSPS) is 14.1. The Kier molecular flexibility index (Phi) is 6.08. The Morgan fingerprint density at radius 2 is 1.63 bits per heavy atom. The molecule has 1 unspecified atom stereocenters. The van der Waals surface area contributed by atoms with E-state index in [4.69, 9.17) is 11.6 Å². The first-order valence-electron chi connectivity index (χ1n) is 8.73. The molecule has 0 radical (unpaired) electrons. The molecule has 0 heterocycles. The van der Waals surface area contributed by atoms with Crippen LogP contribution in [0.1, 0.15) is 41.2 Å². The number of hydrazine groups is 1. The summed E-state index contributed by atoms with van der Waals surface area (Å²) in [5.74, 6) is -0.948. The van der Waals surface area contributed by atoms with Gasteiger partial charge in [0.1, 0.15) is 0 Å². The predicted octanol–water partition coefficient (Wildman–Crippen LogP) is 2.76. The minimum absolute atomic E-state index is 0.00449. The number of benzene rings is 2. The van der Waals surface area contributed by atoms with Gasteiger partial charge in [0.15, 0.2) is 0 Å². The van der Waals surface area contributed by atoms with Gasteiger partial charge in [-0.05, 0) is 30.5 Å². The Hall–Kier alpha value is -2.86. The molecule has 2 aromatic carbocycles. The van der Waals surface area contributed by atoms with Crippen molar-refractivity contribution in [2.24, 2.45) is 5.92 Å². The molecule has 1 fully saturated rings. The number of nitrogens with one attached hydrogen (secondary N) is 3. The minimum Gasteiger partial charge on any atom is -0.345 e. The van der Waals surface area contributed by atoms with Gasteiger partial charge in [-0.3, -0.25) is 25.2 Å². The molecule has 0 bridgehead atoms. The molecular weight excluding hydrogens is 366 g/mol. The zero-order valence-electron chi connectivity index (χ0n) is 14.6. The molecule has 140 valence electrons. The van der Waals surface area contributed by atoms with E-state index in [1.807, 2.05) is 30.3 Å². The average molecular weight is 386 g/mol. The highest BCUT2D eigenvalue weighted by Gasteiger charge is 2.30. The summed E-state index contributed by atoms with van der Waals surface area (Å²) >= 11 is 6.09. The Balaban J connectivity index is 1.67. The van der Waals surface area contributed by atoms with E-state index in [0.29, 0.717) is 10.6 Å². The Labute approximate surface area is 162 Å². The van der Waals surface area contributed by atoms with E-state index >= 15 is 0 Å². The van der Waals surface area contributed by atoms with Crippen LogP contribution in [0.15, 0.2) is 54.6 Å². The van der Waals surface area contributed by atoms with Crippen molar-refractivity contribution in [1.82, 2.24) is 16.2 Å². The highest BCUT2D eigenvalue weighted by atomic mass is 35.5. The lowest BCUT2D eigenvalue weighted by Gasteiger charge is -2.19. The van der Waals surface area contributed by atoms with Crippen LogP contribution in [0.5, 0.6) is 0 Å². The van der Waals surface area contributed by atoms with Gasteiger partial charge in [0.05, 0.1) is 23.0 Å². The van der Waals surface area contributed by atoms with E-state index in [1.54, 1.807) is 24.3 Å². The second-order valence-electron chi connectivity index (χ2n) is 6.43. The molecule has 6 nitrogen and oxygen atoms in total. The maximum absolute atomic E-state index is 12.6. The predicted molar refractivity (Wildman–Crippen MR) is 102 cm³/mol. The average Bonchev–Trinajstić information content (AvgIpc) is 3.52. The molecule has 3 N–H and O–H groups in total. The summed E-state index contributed by atoms with van der Waals surface area (Å²) in [4.78, 5) is 36.5. The van der Waals surface area contributed by atoms with E-state index in [1.165, 1.54) is 0 Å². The fourth-order valence-corrected chi connectivity index (χ4v) is 2.86. The lowest BCUT2D eigenvalue weighted by atomic mass is 10.0. The van der Waals surface area contributed by atoms with Crippen molar-refractivity contribution in [3.63, 3.8) is 0 Å². The second kappa shape index (κ2) is 8.68. The Morgan fingerprint density at radius 1 is 0.963 bits per heavy atom. The highest BCUT2D eigenvalue weighted by molar-refractivity contribution is 6.33. The molecule has 2 aromatic rings. The number of halogens is 1. The van der Waals surface area contributed by atoms with Crippen LogP contribution < -0.4 is 16.2 Å². The molecule has 1 atom stereocenters. The minimum atomic E-state index is -0.562. The Bertz CT molecular complexity index is 837. The van der Waals surface area contributed by atoms with Crippen molar-refractivity contribution in [2.45, 2.75) is 25.3 Å². The van der Waals surface area contributed by atoms with Gasteiger partial charge in [-0.15, -0.1) is 0 Å². The van der Waals surface area contributed by atoms with E-state index < -0.39 is 11.9 Å². The number of hydrogen-bond donors (Lipinski definition) is 3. The summed E-state index contributed by atoms with van der Waals surface area (Å²) in [6, 6.07) is 15.3. The molecule has 0 spiro atoms. The number of rotatable bonds is 6. The molecule has 1 saturated carbocycles. The summed E-state index contributed by atoms with van der Waals surface area (Å²) in [5, 5.41) is 3.18. The smallest absolute Gasteiger partial charge is 0.253 e. The maximum atomic E-state index is 12.6. The number of carbonyl (C=O) groups is 3. The van der Waals surface area contributed by atoms with Crippen LogP contribution in [-0.2, 0) is 9.59 Å². The van der Waals surface area contributed by atoms with Gasteiger partial charge in [0.25, 0.3) is 5.91 Å². The van der Waals surface area contributed by atoms with Gasteiger partial charge in [-0.2, -0.15) is 0 Å². The lowest BCUT2D eigenvalue weighted by molar-refractivity contribution is -0.129. The maximum Gasteiger partial charge on any atom is 0.253 e. The highest BCUT2D eigenvalue weighted by Crippen LogP contribution is 2.28. The summed E-state index contributed by atoms with van der Waals surface area (Å²) < 4.78 is 0. The monoisotopic (exact) mass is 385 g/mol. The second-order valence-corrected chi connectivity index (χ2v) is 6.84.